The van der Waals surface area contributed by atoms with E-state index in [-0.39, 0.29) is 0 Å². The average molecular weight is 223 g/mol. The molecule has 0 radical (unpaired) electrons. The van der Waals surface area contributed by atoms with Crippen LogP contribution >= 0.6 is 0 Å². The van der Waals surface area contributed by atoms with Gasteiger partial charge in [0.15, 0.2) is 0 Å². The predicted molar refractivity (Wildman–Crippen MR) is 65.5 cm³/mol. The van der Waals surface area contributed by atoms with Crippen molar-refractivity contribution in [3.8, 4) is 0 Å². The first-order chi connectivity index (χ1) is 7.86. The normalized spacial score (nSPS) is 38.2. The van der Waals surface area contributed by atoms with Crippen LogP contribution in [0.25, 0.3) is 0 Å². The third-order valence-electron chi connectivity index (χ3n) is 4.86. The Kier molecular flexibility index (Phi) is 3.21. The molecule has 3 rings (SSSR count). The Balaban J connectivity index is 1.51. The number of nitrogens with one attached hydrogen (secondary N) is 1. The molecular formula is C14H25NO. The SMILES string of the molecule is C1CCC2(CC1)CCC(CC1CCNC1)O2. The van der Waals surface area contributed by atoms with Crippen molar-refractivity contribution in [3.63, 3.8) is 0 Å². The second-order valence-electron chi connectivity index (χ2n) is 6.12. The monoisotopic (exact) mass is 223 g/mol. The number of rotatable bonds is 2. The largest absolute Gasteiger partial charge is 0.372 e. The second-order valence-corrected chi connectivity index (χ2v) is 6.12. The van der Waals surface area contributed by atoms with Gasteiger partial charge in [0.2, 0.25) is 0 Å². The van der Waals surface area contributed by atoms with E-state index in [4.69, 9.17) is 4.74 Å². The van der Waals surface area contributed by atoms with Gasteiger partial charge >= 0.3 is 0 Å². The first kappa shape index (κ1) is 11.0. The molecular weight excluding hydrogens is 198 g/mol. The van der Waals surface area contributed by atoms with Gasteiger partial charge in [-0.1, -0.05) is 19.3 Å². The summed E-state index contributed by atoms with van der Waals surface area (Å²) in [6.45, 7) is 2.45. The summed E-state index contributed by atoms with van der Waals surface area (Å²) in [6.07, 6.45) is 12.9. The third kappa shape index (κ3) is 2.28. The number of ether oxygens (including phenoxy) is 1. The maximum absolute atomic E-state index is 6.42. The summed E-state index contributed by atoms with van der Waals surface area (Å²) in [6, 6.07) is 0. The molecule has 0 aromatic rings. The van der Waals surface area contributed by atoms with Crippen molar-refractivity contribution >= 4 is 0 Å². The molecule has 1 saturated carbocycles. The van der Waals surface area contributed by atoms with Crippen LogP contribution in [-0.4, -0.2) is 24.8 Å². The van der Waals surface area contributed by atoms with Crippen LogP contribution in [0.4, 0.5) is 0 Å². The third-order valence-corrected chi connectivity index (χ3v) is 4.86. The highest BCUT2D eigenvalue weighted by Crippen LogP contribution is 2.43. The Morgan fingerprint density at radius 2 is 1.94 bits per heavy atom. The summed E-state index contributed by atoms with van der Waals surface area (Å²) in [4.78, 5) is 0. The van der Waals surface area contributed by atoms with E-state index in [0.717, 1.165) is 5.92 Å². The molecule has 0 aromatic carbocycles. The lowest BCUT2D eigenvalue weighted by molar-refractivity contribution is -0.0691. The van der Waals surface area contributed by atoms with Crippen LogP contribution in [0.2, 0.25) is 0 Å². The Morgan fingerprint density at radius 1 is 1.06 bits per heavy atom. The number of hydrogen-bond acceptors (Lipinski definition) is 2. The van der Waals surface area contributed by atoms with Crippen molar-refractivity contribution in [2.45, 2.75) is 69.5 Å². The fourth-order valence-electron chi connectivity index (χ4n) is 3.91. The molecule has 16 heavy (non-hydrogen) atoms. The zero-order chi connectivity index (χ0) is 10.8. The van der Waals surface area contributed by atoms with E-state index in [1.807, 2.05) is 0 Å². The molecule has 0 amide bonds. The van der Waals surface area contributed by atoms with Crippen molar-refractivity contribution in [1.82, 2.24) is 5.32 Å². The lowest BCUT2D eigenvalue weighted by atomic mass is 9.83. The van der Waals surface area contributed by atoms with Crippen molar-refractivity contribution in [2.24, 2.45) is 5.92 Å². The second kappa shape index (κ2) is 4.66. The van der Waals surface area contributed by atoms with Gasteiger partial charge in [-0.3, -0.25) is 0 Å². The molecule has 1 aliphatic carbocycles. The lowest BCUT2D eigenvalue weighted by Gasteiger charge is -2.33. The molecule has 0 bridgehead atoms. The smallest absolute Gasteiger partial charge is 0.0687 e. The van der Waals surface area contributed by atoms with E-state index in [1.54, 1.807) is 0 Å². The van der Waals surface area contributed by atoms with Crippen molar-refractivity contribution in [2.75, 3.05) is 13.1 Å². The molecule has 1 N–H and O–H groups in total. The van der Waals surface area contributed by atoms with E-state index < -0.39 is 0 Å². The van der Waals surface area contributed by atoms with Gasteiger partial charge in [-0.25, -0.2) is 0 Å². The maximum Gasteiger partial charge on any atom is 0.0687 e. The summed E-state index contributed by atoms with van der Waals surface area (Å²) in [5, 5.41) is 3.46. The summed E-state index contributed by atoms with van der Waals surface area (Å²) < 4.78 is 6.42. The Hall–Kier alpha value is -0.0800. The van der Waals surface area contributed by atoms with Gasteiger partial charge in [0.1, 0.15) is 0 Å². The zero-order valence-corrected chi connectivity index (χ0v) is 10.3. The van der Waals surface area contributed by atoms with Crippen LogP contribution < -0.4 is 5.32 Å². The van der Waals surface area contributed by atoms with Gasteiger partial charge in [0.05, 0.1) is 11.7 Å². The highest BCUT2D eigenvalue weighted by Gasteiger charge is 2.41. The average Bonchev–Trinajstić information content (AvgIpc) is 2.92. The highest BCUT2D eigenvalue weighted by molar-refractivity contribution is 4.92. The highest BCUT2D eigenvalue weighted by atomic mass is 16.5. The molecule has 0 aromatic heterocycles. The van der Waals surface area contributed by atoms with Crippen molar-refractivity contribution in [1.29, 1.82) is 0 Å². The maximum atomic E-state index is 6.42. The van der Waals surface area contributed by atoms with E-state index >= 15 is 0 Å². The zero-order valence-electron chi connectivity index (χ0n) is 10.3. The molecule has 2 aliphatic heterocycles. The standard InChI is InChI=1S/C14H25NO/c1-2-6-14(7-3-1)8-4-13(16-14)10-12-5-9-15-11-12/h12-13,15H,1-11H2. The molecule has 3 aliphatic rings. The predicted octanol–water partition coefficient (Wildman–Crippen LogP) is 2.87. The summed E-state index contributed by atoms with van der Waals surface area (Å²) >= 11 is 0. The fourth-order valence-corrected chi connectivity index (χ4v) is 3.91. The summed E-state index contributed by atoms with van der Waals surface area (Å²) in [5.74, 6) is 0.892. The number of hydrogen-bond donors (Lipinski definition) is 1. The first-order valence-corrected chi connectivity index (χ1v) is 7.25. The van der Waals surface area contributed by atoms with Crippen LogP contribution in [0, 0.1) is 5.92 Å². The Labute approximate surface area is 99.1 Å². The van der Waals surface area contributed by atoms with E-state index in [1.165, 1.54) is 70.9 Å². The van der Waals surface area contributed by atoms with E-state index in [9.17, 15) is 0 Å². The molecule has 2 heterocycles. The lowest BCUT2D eigenvalue weighted by Crippen LogP contribution is -2.32. The minimum absolute atomic E-state index is 0.328. The van der Waals surface area contributed by atoms with Crippen LogP contribution in [0.15, 0.2) is 0 Å². The van der Waals surface area contributed by atoms with Gasteiger partial charge in [0, 0.05) is 0 Å². The van der Waals surface area contributed by atoms with Gasteiger partial charge in [-0.05, 0) is 57.5 Å². The fraction of sp³-hybridized carbons (Fsp3) is 1.00. The van der Waals surface area contributed by atoms with E-state index in [0.29, 0.717) is 11.7 Å². The van der Waals surface area contributed by atoms with Gasteiger partial charge in [0.25, 0.3) is 0 Å². The summed E-state index contributed by atoms with van der Waals surface area (Å²) in [5.41, 5.74) is 0.328. The topological polar surface area (TPSA) is 21.3 Å². The van der Waals surface area contributed by atoms with Gasteiger partial charge in [-0.2, -0.15) is 0 Å². The molecule has 2 unspecified atom stereocenters. The first-order valence-electron chi connectivity index (χ1n) is 7.25. The quantitative estimate of drug-likeness (QED) is 0.777. The van der Waals surface area contributed by atoms with Crippen molar-refractivity contribution in [3.05, 3.63) is 0 Å². The van der Waals surface area contributed by atoms with Crippen LogP contribution in [0.5, 0.6) is 0 Å². The van der Waals surface area contributed by atoms with E-state index in [2.05, 4.69) is 5.32 Å². The van der Waals surface area contributed by atoms with Crippen LogP contribution in [-0.2, 0) is 4.74 Å². The molecule has 92 valence electrons. The Morgan fingerprint density at radius 3 is 2.69 bits per heavy atom. The molecule has 2 atom stereocenters. The molecule has 2 nitrogen and oxygen atoms in total. The Bertz CT molecular complexity index is 229. The summed E-state index contributed by atoms with van der Waals surface area (Å²) in [7, 11) is 0. The van der Waals surface area contributed by atoms with Crippen LogP contribution in [0.3, 0.4) is 0 Å². The molecule has 3 fully saturated rings. The van der Waals surface area contributed by atoms with Crippen molar-refractivity contribution < 1.29 is 4.74 Å². The van der Waals surface area contributed by atoms with Gasteiger partial charge < -0.3 is 10.1 Å². The minimum Gasteiger partial charge on any atom is -0.372 e. The van der Waals surface area contributed by atoms with Crippen LogP contribution in [0.1, 0.15) is 57.8 Å². The molecule has 1 spiro atoms. The molecule has 2 saturated heterocycles. The minimum atomic E-state index is 0.328. The molecule has 2 heteroatoms. The van der Waals surface area contributed by atoms with Gasteiger partial charge in [-0.15, -0.1) is 0 Å².